The zero-order valence-electron chi connectivity index (χ0n) is 19.0. The molecule has 1 aromatic heterocycles. The minimum absolute atomic E-state index is 0.104. The van der Waals surface area contributed by atoms with Crippen LogP contribution in [0.5, 0.6) is 0 Å². The second-order valence-corrected chi connectivity index (χ2v) is 10.0. The lowest BCUT2D eigenvalue weighted by Gasteiger charge is -2.36. The van der Waals surface area contributed by atoms with Crippen LogP contribution in [-0.4, -0.2) is 64.5 Å². The normalized spacial score (nSPS) is 16.2. The molecule has 0 radical (unpaired) electrons. The highest BCUT2D eigenvalue weighted by atomic mass is 32.2. The first-order valence-electron chi connectivity index (χ1n) is 10.9. The molecule has 0 bridgehead atoms. The van der Waals surface area contributed by atoms with Crippen molar-refractivity contribution < 1.29 is 13.2 Å². The number of nitrogens with zero attached hydrogens (tertiary/aromatic N) is 5. The Bertz CT molecular complexity index is 1260. The van der Waals surface area contributed by atoms with Crippen LogP contribution in [0, 0.1) is 0 Å². The Morgan fingerprint density at radius 3 is 2.24 bits per heavy atom. The Hall–Kier alpha value is -3.41. The molecule has 3 aromatic rings. The van der Waals surface area contributed by atoms with Gasteiger partial charge in [0.05, 0.1) is 10.9 Å². The van der Waals surface area contributed by atoms with Gasteiger partial charge in [-0.1, -0.05) is 30.3 Å². The van der Waals surface area contributed by atoms with E-state index in [0.717, 1.165) is 5.69 Å². The molecule has 0 aliphatic carbocycles. The highest BCUT2D eigenvalue weighted by Gasteiger charge is 2.31. The number of aromatic nitrogens is 3. The maximum absolute atomic E-state index is 13.0. The third-order valence-corrected chi connectivity index (χ3v) is 7.71. The van der Waals surface area contributed by atoms with Gasteiger partial charge in [0.25, 0.3) is 0 Å². The van der Waals surface area contributed by atoms with E-state index in [-0.39, 0.29) is 22.7 Å². The van der Waals surface area contributed by atoms with Crippen molar-refractivity contribution in [2.24, 2.45) is 0 Å². The summed E-state index contributed by atoms with van der Waals surface area (Å²) < 4.78 is 27.5. The summed E-state index contributed by atoms with van der Waals surface area (Å²) in [7, 11) is -3.64. The lowest BCUT2D eigenvalue weighted by atomic mass is 10.2. The maximum Gasteiger partial charge on any atom is 0.243 e. The van der Waals surface area contributed by atoms with E-state index in [0.29, 0.717) is 43.5 Å². The number of nitrogens with one attached hydrogen (secondary N) is 1. The van der Waals surface area contributed by atoms with Gasteiger partial charge in [0.2, 0.25) is 21.9 Å². The van der Waals surface area contributed by atoms with E-state index in [1.807, 2.05) is 37.3 Å². The fourth-order valence-electron chi connectivity index (χ4n) is 3.81. The van der Waals surface area contributed by atoms with Crippen molar-refractivity contribution in [1.29, 1.82) is 0 Å². The number of Topliss-reactive ketones (excluding diaryl/α,β-unsaturated/α-hetero) is 1. The van der Waals surface area contributed by atoms with Gasteiger partial charge in [-0.3, -0.25) is 9.69 Å². The predicted octanol–water partition coefficient (Wildman–Crippen LogP) is 2.47. The van der Waals surface area contributed by atoms with E-state index in [9.17, 15) is 13.2 Å². The van der Waals surface area contributed by atoms with E-state index in [1.54, 1.807) is 12.1 Å². The van der Waals surface area contributed by atoms with E-state index >= 15 is 0 Å². The molecule has 0 spiro atoms. The summed E-state index contributed by atoms with van der Waals surface area (Å²) in [5, 5.41) is 3.13. The molecule has 11 heteroatoms. The molecular formula is C23H27N7O3S. The Morgan fingerprint density at radius 1 is 0.971 bits per heavy atom. The standard InChI is InChI=1S/C23H27N7O3S/c1-16(21-26-22(24)28-23(27-21)25-19-6-4-3-5-7-19)29-12-14-30(15-13-29)34(32,33)20-10-8-18(9-11-20)17(2)31/h3-11,16H,12-15H2,1-2H3,(H3,24,25,26,27,28)/t16-/m0/s1. The molecule has 3 N–H and O–H groups in total. The van der Waals surface area contributed by atoms with Crippen LogP contribution in [-0.2, 0) is 10.0 Å². The van der Waals surface area contributed by atoms with Crippen molar-refractivity contribution in [3.63, 3.8) is 0 Å². The first-order chi connectivity index (χ1) is 16.2. The van der Waals surface area contributed by atoms with Crippen LogP contribution in [0.15, 0.2) is 59.5 Å². The predicted molar refractivity (Wildman–Crippen MR) is 129 cm³/mol. The third-order valence-electron chi connectivity index (χ3n) is 5.79. The summed E-state index contributed by atoms with van der Waals surface area (Å²) in [6.07, 6.45) is 0. The van der Waals surface area contributed by atoms with E-state index < -0.39 is 10.0 Å². The average molecular weight is 482 g/mol. The van der Waals surface area contributed by atoms with Gasteiger partial charge in [-0.05, 0) is 38.1 Å². The number of piperazine rings is 1. The lowest BCUT2D eigenvalue weighted by molar-refractivity contribution is 0.101. The molecule has 4 rings (SSSR count). The van der Waals surface area contributed by atoms with Gasteiger partial charge in [0.1, 0.15) is 0 Å². The molecule has 34 heavy (non-hydrogen) atoms. The third kappa shape index (κ3) is 5.22. The SMILES string of the molecule is CC(=O)c1ccc(S(=O)(=O)N2CCN([C@@H](C)c3nc(N)nc(Nc4ccccc4)n3)CC2)cc1. The summed E-state index contributed by atoms with van der Waals surface area (Å²) in [5.41, 5.74) is 7.24. The number of rotatable bonds is 7. The summed E-state index contributed by atoms with van der Waals surface area (Å²) in [4.78, 5) is 26.8. The van der Waals surface area contributed by atoms with E-state index in [2.05, 4.69) is 25.2 Å². The second-order valence-electron chi connectivity index (χ2n) is 8.06. The van der Waals surface area contributed by atoms with Gasteiger partial charge < -0.3 is 11.1 Å². The van der Waals surface area contributed by atoms with Crippen LogP contribution < -0.4 is 11.1 Å². The minimum Gasteiger partial charge on any atom is -0.368 e. The number of nitrogens with two attached hydrogens (primary N) is 1. The van der Waals surface area contributed by atoms with Crippen molar-refractivity contribution >= 4 is 33.4 Å². The number of hydrogen-bond donors (Lipinski definition) is 2. The molecule has 0 saturated carbocycles. The topological polar surface area (TPSA) is 134 Å². The van der Waals surface area contributed by atoms with Crippen molar-refractivity contribution in [1.82, 2.24) is 24.2 Å². The number of para-hydroxylation sites is 1. The molecule has 2 aromatic carbocycles. The zero-order chi connectivity index (χ0) is 24.3. The Balaban J connectivity index is 1.43. The van der Waals surface area contributed by atoms with Crippen LogP contribution in [0.1, 0.15) is 36.1 Å². The van der Waals surface area contributed by atoms with Crippen LogP contribution in [0.25, 0.3) is 0 Å². The Kier molecular flexibility index (Phi) is 6.87. The van der Waals surface area contributed by atoms with Gasteiger partial charge in [0, 0.05) is 37.4 Å². The fraction of sp³-hybridized carbons (Fsp3) is 0.304. The zero-order valence-corrected chi connectivity index (χ0v) is 19.9. The van der Waals surface area contributed by atoms with Crippen molar-refractivity contribution in [2.45, 2.75) is 24.8 Å². The summed E-state index contributed by atoms with van der Waals surface area (Å²) in [6.45, 7) is 5.10. The van der Waals surface area contributed by atoms with Gasteiger partial charge in [0.15, 0.2) is 11.6 Å². The molecular weight excluding hydrogens is 454 g/mol. The molecule has 1 atom stereocenters. The lowest BCUT2D eigenvalue weighted by Crippen LogP contribution is -2.49. The first kappa shape index (κ1) is 23.7. The number of carbonyl (C=O) groups is 1. The van der Waals surface area contributed by atoms with Gasteiger partial charge in [-0.25, -0.2) is 8.42 Å². The van der Waals surface area contributed by atoms with Gasteiger partial charge in [-0.2, -0.15) is 19.3 Å². The maximum atomic E-state index is 13.0. The van der Waals surface area contributed by atoms with Crippen LogP contribution >= 0.6 is 0 Å². The number of nitrogen functional groups attached to an aromatic ring is 1. The molecule has 1 saturated heterocycles. The quantitative estimate of drug-likeness (QED) is 0.488. The number of sulfonamides is 1. The molecule has 1 aliphatic heterocycles. The van der Waals surface area contributed by atoms with Crippen LogP contribution in [0.3, 0.4) is 0 Å². The van der Waals surface area contributed by atoms with Crippen molar-refractivity contribution in [2.75, 3.05) is 37.2 Å². The monoisotopic (exact) mass is 481 g/mol. The highest BCUT2D eigenvalue weighted by Crippen LogP contribution is 2.24. The molecule has 10 nitrogen and oxygen atoms in total. The van der Waals surface area contributed by atoms with Gasteiger partial charge in [-0.15, -0.1) is 0 Å². The van der Waals surface area contributed by atoms with E-state index in [4.69, 9.17) is 5.73 Å². The summed E-state index contributed by atoms with van der Waals surface area (Å²) >= 11 is 0. The van der Waals surface area contributed by atoms with Crippen molar-refractivity contribution in [3.05, 3.63) is 66.0 Å². The molecule has 1 aliphatic rings. The molecule has 1 fully saturated rings. The molecule has 0 amide bonds. The van der Waals surface area contributed by atoms with Crippen molar-refractivity contribution in [3.8, 4) is 0 Å². The minimum atomic E-state index is -3.64. The number of benzene rings is 2. The first-order valence-corrected chi connectivity index (χ1v) is 12.4. The Morgan fingerprint density at radius 2 is 1.62 bits per heavy atom. The Labute approximate surface area is 198 Å². The number of carbonyl (C=O) groups excluding carboxylic acids is 1. The van der Waals surface area contributed by atoms with E-state index in [1.165, 1.54) is 23.4 Å². The second kappa shape index (κ2) is 9.84. The molecule has 0 unspecified atom stereocenters. The number of ketones is 1. The fourth-order valence-corrected chi connectivity index (χ4v) is 5.23. The average Bonchev–Trinajstić information content (AvgIpc) is 2.84. The van der Waals surface area contributed by atoms with Crippen LogP contribution in [0.4, 0.5) is 17.6 Å². The molecule has 178 valence electrons. The van der Waals surface area contributed by atoms with Gasteiger partial charge >= 0.3 is 0 Å². The number of anilines is 3. The highest BCUT2D eigenvalue weighted by molar-refractivity contribution is 7.89. The summed E-state index contributed by atoms with van der Waals surface area (Å²) in [5.74, 6) is 0.885. The van der Waals surface area contributed by atoms with Crippen LogP contribution in [0.2, 0.25) is 0 Å². The number of hydrogen-bond acceptors (Lipinski definition) is 9. The molecule has 2 heterocycles. The summed E-state index contributed by atoms with van der Waals surface area (Å²) in [6, 6.07) is 15.4. The smallest absolute Gasteiger partial charge is 0.243 e. The largest absolute Gasteiger partial charge is 0.368 e.